The Labute approximate surface area is 198 Å². The highest BCUT2D eigenvalue weighted by Crippen LogP contribution is 2.32. The van der Waals surface area contributed by atoms with Gasteiger partial charge in [-0.15, -0.1) is 0 Å². The molecule has 1 unspecified atom stereocenters. The van der Waals surface area contributed by atoms with Gasteiger partial charge in [0.15, 0.2) is 0 Å². The van der Waals surface area contributed by atoms with E-state index >= 15 is 0 Å². The van der Waals surface area contributed by atoms with Gasteiger partial charge in [0.05, 0.1) is 6.54 Å². The quantitative estimate of drug-likeness (QED) is 0.493. The molecule has 1 aromatic heterocycles. The Morgan fingerprint density at radius 2 is 1.76 bits per heavy atom. The van der Waals surface area contributed by atoms with Gasteiger partial charge in [0.1, 0.15) is 5.54 Å². The average molecular weight is 460 g/mol. The zero-order valence-electron chi connectivity index (χ0n) is 19.2. The van der Waals surface area contributed by atoms with Crippen molar-refractivity contribution in [2.45, 2.75) is 37.6 Å². The van der Waals surface area contributed by atoms with Gasteiger partial charge in [-0.05, 0) is 55.4 Å². The van der Waals surface area contributed by atoms with Crippen molar-refractivity contribution in [1.82, 2.24) is 25.6 Å². The molecule has 2 aliphatic heterocycles. The van der Waals surface area contributed by atoms with Crippen molar-refractivity contribution in [2.24, 2.45) is 0 Å². The molecular formula is C26H29N5O3. The minimum absolute atomic E-state index is 0.140. The average Bonchev–Trinajstić information content (AvgIpc) is 3.40. The van der Waals surface area contributed by atoms with Crippen LogP contribution in [0, 0.1) is 0 Å². The third-order valence-corrected chi connectivity index (χ3v) is 7.07. The smallest absolute Gasteiger partial charge is 0.344 e. The zero-order chi connectivity index (χ0) is 23.7. The molecule has 3 N–H and O–H groups in total. The van der Waals surface area contributed by atoms with Gasteiger partial charge in [-0.2, -0.15) is 5.01 Å². The number of nitrogens with one attached hydrogen (secondary N) is 3. The molecule has 2 fully saturated rings. The number of hydrazine groups is 1. The molecule has 8 heteroatoms. The lowest BCUT2D eigenvalue weighted by molar-refractivity contribution is -0.140. The summed E-state index contributed by atoms with van der Waals surface area (Å²) in [6.45, 7) is 3.53. The summed E-state index contributed by atoms with van der Waals surface area (Å²) >= 11 is 0. The van der Waals surface area contributed by atoms with Crippen molar-refractivity contribution in [3.05, 3.63) is 71.9 Å². The largest absolute Gasteiger partial charge is 0.358 e. The Hall–Kier alpha value is -3.65. The van der Waals surface area contributed by atoms with Gasteiger partial charge >= 0.3 is 6.03 Å². The molecule has 0 radical (unpaired) electrons. The van der Waals surface area contributed by atoms with Gasteiger partial charge in [-0.3, -0.25) is 19.9 Å². The van der Waals surface area contributed by atoms with Gasteiger partial charge in [0, 0.05) is 17.1 Å². The van der Waals surface area contributed by atoms with Crippen LogP contribution in [0.2, 0.25) is 0 Å². The Kier molecular flexibility index (Phi) is 5.83. The molecule has 1 atom stereocenters. The number of nitrogens with zero attached hydrogens (tertiary/aromatic N) is 2. The summed E-state index contributed by atoms with van der Waals surface area (Å²) < 4.78 is 0. The Balaban J connectivity index is 1.18. The molecule has 2 aliphatic rings. The second-order valence-corrected chi connectivity index (χ2v) is 9.09. The number of carbonyl (C=O) groups is 3. The van der Waals surface area contributed by atoms with E-state index in [9.17, 15) is 14.4 Å². The topological polar surface area (TPSA) is 97.5 Å². The molecule has 5 rings (SSSR count). The minimum Gasteiger partial charge on any atom is -0.358 e. The van der Waals surface area contributed by atoms with Crippen LogP contribution in [0.25, 0.3) is 10.9 Å². The van der Waals surface area contributed by atoms with Crippen LogP contribution >= 0.6 is 0 Å². The molecule has 2 aromatic carbocycles. The first-order valence-electron chi connectivity index (χ1n) is 11.8. The Morgan fingerprint density at radius 1 is 1.06 bits per heavy atom. The first-order chi connectivity index (χ1) is 16.5. The fourth-order valence-corrected chi connectivity index (χ4v) is 5.12. The summed E-state index contributed by atoms with van der Waals surface area (Å²) in [5.74, 6) is -0.404. The number of rotatable bonds is 6. The van der Waals surface area contributed by atoms with Crippen LogP contribution < -0.4 is 10.7 Å². The molecule has 2 saturated heterocycles. The van der Waals surface area contributed by atoms with E-state index in [1.165, 1.54) is 11.1 Å². The van der Waals surface area contributed by atoms with E-state index in [0.29, 0.717) is 17.9 Å². The van der Waals surface area contributed by atoms with Crippen LogP contribution in [0.15, 0.2) is 60.7 Å². The van der Waals surface area contributed by atoms with Crippen LogP contribution in [0.1, 0.15) is 43.4 Å². The van der Waals surface area contributed by atoms with Crippen molar-refractivity contribution in [1.29, 1.82) is 0 Å². The predicted octanol–water partition coefficient (Wildman–Crippen LogP) is 3.24. The highest BCUT2D eigenvalue weighted by atomic mass is 16.2. The number of amides is 4. The number of benzene rings is 2. The molecule has 0 saturated carbocycles. The standard InChI is InChI=1S/C26H29N5O3/c1-2-26(20-9-4-3-5-10-20)24(33)31(25(34)28-26)29-23(32)17-30-14-12-18(13-15-30)22-16-19-8-6-7-11-21(19)27-22/h3-11,16,18,27H,2,12-15,17H2,1H3,(H,28,34)(H,29,32). The maximum atomic E-state index is 13.2. The van der Waals surface area contributed by atoms with Crippen molar-refractivity contribution in [2.75, 3.05) is 19.6 Å². The van der Waals surface area contributed by atoms with E-state index < -0.39 is 17.5 Å². The lowest BCUT2D eigenvalue weighted by atomic mass is 9.87. The number of para-hydroxylation sites is 1. The number of H-pyrrole nitrogens is 1. The van der Waals surface area contributed by atoms with Crippen LogP contribution in [0.5, 0.6) is 0 Å². The fourth-order valence-electron chi connectivity index (χ4n) is 5.12. The third-order valence-electron chi connectivity index (χ3n) is 7.07. The Morgan fingerprint density at radius 3 is 2.47 bits per heavy atom. The molecule has 0 bridgehead atoms. The highest BCUT2D eigenvalue weighted by molar-refractivity contribution is 6.08. The van der Waals surface area contributed by atoms with E-state index in [1.807, 2.05) is 49.4 Å². The zero-order valence-corrected chi connectivity index (χ0v) is 19.2. The molecule has 34 heavy (non-hydrogen) atoms. The Bertz CT molecular complexity index is 1180. The van der Waals surface area contributed by atoms with Crippen LogP contribution in [-0.4, -0.2) is 52.4 Å². The first-order valence-corrected chi connectivity index (χ1v) is 11.8. The molecule has 3 aromatic rings. The van der Waals surface area contributed by atoms with E-state index in [0.717, 1.165) is 36.5 Å². The second-order valence-electron chi connectivity index (χ2n) is 9.09. The van der Waals surface area contributed by atoms with Crippen LogP contribution in [-0.2, 0) is 15.1 Å². The van der Waals surface area contributed by atoms with Gasteiger partial charge in [0.2, 0.25) is 0 Å². The lowest BCUT2D eigenvalue weighted by Gasteiger charge is -2.31. The summed E-state index contributed by atoms with van der Waals surface area (Å²) in [4.78, 5) is 44.1. The number of carbonyl (C=O) groups excluding carboxylic acids is 3. The molecule has 3 heterocycles. The summed E-state index contributed by atoms with van der Waals surface area (Å²) in [6.07, 6.45) is 2.27. The fraction of sp³-hybridized carbons (Fsp3) is 0.346. The number of urea groups is 1. The van der Waals surface area contributed by atoms with E-state index in [1.54, 1.807) is 0 Å². The van der Waals surface area contributed by atoms with Crippen LogP contribution in [0.4, 0.5) is 4.79 Å². The van der Waals surface area contributed by atoms with E-state index in [4.69, 9.17) is 0 Å². The number of hydrogen-bond donors (Lipinski definition) is 3. The number of piperidine rings is 1. The summed E-state index contributed by atoms with van der Waals surface area (Å²) in [6, 6.07) is 19.0. The van der Waals surface area contributed by atoms with Gasteiger partial charge < -0.3 is 10.3 Å². The monoisotopic (exact) mass is 459 g/mol. The number of hydrogen-bond acceptors (Lipinski definition) is 4. The summed E-state index contributed by atoms with van der Waals surface area (Å²) in [7, 11) is 0. The van der Waals surface area contributed by atoms with Crippen molar-refractivity contribution in [3.8, 4) is 0 Å². The van der Waals surface area contributed by atoms with E-state index in [-0.39, 0.29) is 12.5 Å². The highest BCUT2D eigenvalue weighted by Gasteiger charge is 2.52. The third kappa shape index (κ3) is 3.94. The van der Waals surface area contributed by atoms with Crippen molar-refractivity contribution < 1.29 is 14.4 Å². The summed E-state index contributed by atoms with van der Waals surface area (Å²) in [5.41, 5.74) is 4.45. The predicted molar refractivity (Wildman–Crippen MR) is 129 cm³/mol. The maximum Gasteiger partial charge on any atom is 0.344 e. The van der Waals surface area contributed by atoms with E-state index in [2.05, 4.69) is 38.8 Å². The van der Waals surface area contributed by atoms with Crippen LogP contribution in [0.3, 0.4) is 0 Å². The number of fused-ring (bicyclic) bond motifs is 1. The summed E-state index contributed by atoms with van der Waals surface area (Å²) in [5, 5.41) is 4.83. The first kappa shape index (κ1) is 22.2. The van der Waals surface area contributed by atoms with Gasteiger partial charge in [0.25, 0.3) is 11.8 Å². The molecular weight excluding hydrogens is 430 g/mol. The van der Waals surface area contributed by atoms with Crippen molar-refractivity contribution in [3.63, 3.8) is 0 Å². The SMILES string of the molecule is CCC1(c2ccccc2)NC(=O)N(NC(=O)CN2CCC(c3cc4ccccc4[nH]3)CC2)C1=O. The molecule has 0 spiro atoms. The van der Waals surface area contributed by atoms with Gasteiger partial charge in [-0.1, -0.05) is 55.5 Å². The molecule has 176 valence electrons. The minimum atomic E-state index is -1.16. The maximum absolute atomic E-state index is 13.2. The van der Waals surface area contributed by atoms with Gasteiger partial charge in [-0.25, -0.2) is 4.79 Å². The number of aromatic nitrogens is 1. The molecule has 0 aliphatic carbocycles. The number of likely N-dealkylation sites (tertiary alicyclic amines) is 1. The van der Waals surface area contributed by atoms with Crippen molar-refractivity contribution >= 4 is 28.7 Å². The number of imide groups is 1. The lowest BCUT2D eigenvalue weighted by Crippen LogP contribution is -2.51. The molecule has 8 nitrogen and oxygen atoms in total. The normalized spacial score (nSPS) is 21.7. The second kappa shape index (κ2) is 8.95. The number of aromatic amines is 1. The molecule has 4 amide bonds.